The lowest BCUT2D eigenvalue weighted by Gasteiger charge is -2.27. The highest BCUT2D eigenvalue weighted by Crippen LogP contribution is 2.22. The van der Waals surface area contributed by atoms with Gasteiger partial charge in [-0.2, -0.15) is 13.2 Å². The van der Waals surface area contributed by atoms with Gasteiger partial charge in [-0.25, -0.2) is 13.1 Å². The van der Waals surface area contributed by atoms with E-state index in [1.807, 2.05) is 0 Å². The second-order valence-corrected chi connectivity index (χ2v) is 6.47. The molecule has 18 heavy (non-hydrogen) atoms. The zero-order chi connectivity index (χ0) is 14.6. The van der Waals surface area contributed by atoms with Gasteiger partial charge in [-0.15, -0.1) is 0 Å². The van der Waals surface area contributed by atoms with E-state index in [0.717, 1.165) is 0 Å². The second-order valence-electron chi connectivity index (χ2n) is 4.19. The first-order valence-corrected chi connectivity index (χ1v) is 7.36. The molecule has 0 aliphatic rings. The van der Waals surface area contributed by atoms with Gasteiger partial charge in [0, 0.05) is 6.42 Å². The molecule has 0 bridgehead atoms. The minimum Gasteiger partial charge on any atom is -0.392 e. The molecule has 0 aliphatic heterocycles. The SMILES string of the molecule is CCC(C)(NS(=O)(=O)CCCC(F)(F)F)C(N)=S. The van der Waals surface area contributed by atoms with E-state index in [1.54, 1.807) is 6.92 Å². The molecule has 0 aliphatic carbocycles. The maximum Gasteiger partial charge on any atom is 0.389 e. The first kappa shape index (κ1) is 17.6. The summed E-state index contributed by atoms with van der Waals surface area (Å²) in [6.07, 6.45) is -5.66. The minimum atomic E-state index is -4.35. The molecule has 3 N–H and O–H groups in total. The average Bonchev–Trinajstić information content (AvgIpc) is 2.13. The van der Waals surface area contributed by atoms with Gasteiger partial charge in [0.05, 0.1) is 16.3 Å². The van der Waals surface area contributed by atoms with Gasteiger partial charge in [-0.1, -0.05) is 19.1 Å². The maximum absolute atomic E-state index is 11.9. The third-order valence-electron chi connectivity index (χ3n) is 2.51. The first-order chi connectivity index (χ1) is 7.92. The van der Waals surface area contributed by atoms with Crippen LogP contribution in [0.3, 0.4) is 0 Å². The summed E-state index contributed by atoms with van der Waals surface area (Å²) in [6.45, 7) is 3.17. The van der Waals surface area contributed by atoms with Crippen LogP contribution in [-0.4, -0.2) is 30.9 Å². The summed E-state index contributed by atoms with van der Waals surface area (Å²) in [6, 6.07) is 0. The monoisotopic (exact) mass is 306 g/mol. The van der Waals surface area contributed by atoms with Crippen molar-refractivity contribution in [2.45, 2.75) is 44.8 Å². The van der Waals surface area contributed by atoms with Crippen molar-refractivity contribution in [1.82, 2.24) is 4.72 Å². The largest absolute Gasteiger partial charge is 0.392 e. The topological polar surface area (TPSA) is 72.2 Å². The van der Waals surface area contributed by atoms with Crippen LogP contribution in [0.15, 0.2) is 0 Å². The molecular weight excluding hydrogens is 289 g/mol. The van der Waals surface area contributed by atoms with Crippen molar-refractivity contribution in [1.29, 1.82) is 0 Å². The van der Waals surface area contributed by atoms with Crippen LogP contribution in [-0.2, 0) is 10.0 Å². The number of halogens is 3. The van der Waals surface area contributed by atoms with Gasteiger partial charge < -0.3 is 5.73 Å². The number of hydrogen-bond donors (Lipinski definition) is 2. The Kier molecular flexibility index (Phi) is 6.02. The lowest BCUT2D eigenvalue weighted by atomic mass is 10.0. The van der Waals surface area contributed by atoms with Crippen LogP contribution in [0.2, 0.25) is 0 Å². The van der Waals surface area contributed by atoms with Crippen LogP contribution in [0.4, 0.5) is 13.2 Å². The van der Waals surface area contributed by atoms with E-state index in [2.05, 4.69) is 4.72 Å². The molecule has 0 rings (SSSR count). The molecule has 0 saturated carbocycles. The Bertz CT molecular complexity index is 395. The number of thiocarbonyl (C=S) groups is 1. The third-order valence-corrected chi connectivity index (χ3v) is 4.54. The van der Waals surface area contributed by atoms with Crippen molar-refractivity contribution in [3.8, 4) is 0 Å². The Labute approximate surface area is 110 Å². The lowest BCUT2D eigenvalue weighted by molar-refractivity contribution is -0.134. The van der Waals surface area contributed by atoms with Crippen LogP contribution in [0.5, 0.6) is 0 Å². The van der Waals surface area contributed by atoms with E-state index in [-0.39, 0.29) is 4.99 Å². The second kappa shape index (κ2) is 6.16. The fraction of sp³-hybridized carbons (Fsp3) is 0.889. The average molecular weight is 306 g/mol. The molecule has 1 atom stereocenters. The molecular formula is C9H17F3N2O2S2. The number of nitrogens with two attached hydrogens (primary N) is 1. The number of sulfonamides is 1. The van der Waals surface area contributed by atoms with Crippen LogP contribution in [0.1, 0.15) is 33.1 Å². The van der Waals surface area contributed by atoms with E-state index in [4.69, 9.17) is 18.0 Å². The highest BCUT2D eigenvalue weighted by Gasteiger charge is 2.32. The van der Waals surface area contributed by atoms with E-state index in [0.29, 0.717) is 6.42 Å². The van der Waals surface area contributed by atoms with Crippen molar-refractivity contribution >= 4 is 27.2 Å². The summed E-state index contributed by atoms with van der Waals surface area (Å²) in [5, 5.41) is 0. The van der Waals surface area contributed by atoms with Crippen LogP contribution in [0.25, 0.3) is 0 Å². The molecule has 0 saturated heterocycles. The fourth-order valence-corrected chi connectivity index (χ4v) is 2.98. The summed E-state index contributed by atoms with van der Waals surface area (Å²) in [5.41, 5.74) is 4.31. The molecule has 0 aromatic rings. The van der Waals surface area contributed by atoms with Crippen molar-refractivity contribution in [2.24, 2.45) is 5.73 Å². The normalized spacial score (nSPS) is 16.3. The van der Waals surface area contributed by atoms with E-state index >= 15 is 0 Å². The summed E-state index contributed by atoms with van der Waals surface area (Å²) < 4.78 is 61.2. The quantitative estimate of drug-likeness (QED) is 0.702. The summed E-state index contributed by atoms with van der Waals surface area (Å²) in [7, 11) is -3.84. The predicted octanol–water partition coefficient (Wildman–Crippen LogP) is 1.70. The van der Waals surface area contributed by atoms with E-state index in [9.17, 15) is 21.6 Å². The molecule has 108 valence electrons. The van der Waals surface area contributed by atoms with Gasteiger partial charge in [0.2, 0.25) is 10.0 Å². The van der Waals surface area contributed by atoms with Crippen LogP contribution < -0.4 is 10.5 Å². The van der Waals surface area contributed by atoms with Gasteiger partial charge in [0.25, 0.3) is 0 Å². The Balaban J connectivity index is 4.53. The van der Waals surface area contributed by atoms with Crippen LogP contribution >= 0.6 is 12.2 Å². The molecule has 0 fully saturated rings. The van der Waals surface area contributed by atoms with E-state index < -0.39 is 40.3 Å². The zero-order valence-corrected chi connectivity index (χ0v) is 11.8. The van der Waals surface area contributed by atoms with Gasteiger partial charge in [0.15, 0.2) is 0 Å². The third kappa shape index (κ3) is 6.50. The van der Waals surface area contributed by atoms with Crippen molar-refractivity contribution < 1.29 is 21.6 Å². The molecule has 0 aromatic heterocycles. The molecule has 0 amide bonds. The highest BCUT2D eigenvalue weighted by molar-refractivity contribution is 7.89. The van der Waals surface area contributed by atoms with Crippen LogP contribution in [0, 0.1) is 0 Å². The molecule has 0 spiro atoms. The first-order valence-electron chi connectivity index (χ1n) is 5.30. The molecule has 4 nitrogen and oxygen atoms in total. The number of hydrogen-bond acceptors (Lipinski definition) is 3. The molecule has 0 heterocycles. The molecule has 9 heteroatoms. The van der Waals surface area contributed by atoms with E-state index in [1.165, 1.54) is 6.92 Å². The number of alkyl halides is 3. The van der Waals surface area contributed by atoms with Gasteiger partial charge >= 0.3 is 6.18 Å². The smallest absolute Gasteiger partial charge is 0.389 e. The molecule has 1 unspecified atom stereocenters. The molecule has 0 radical (unpaired) electrons. The maximum atomic E-state index is 11.9. The zero-order valence-electron chi connectivity index (χ0n) is 10.2. The highest BCUT2D eigenvalue weighted by atomic mass is 32.2. The fourth-order valence-electron chi connectivity index (χ4n) is 1.15. The van der Waals surface area contributed by atoms with Crippen molar-refractivity contribution in [3.63, 3.8) is 0 Å². The Morgan fingerprint density at radius 3 is 2.22 bits per heavy atom. The number of nitrogens with one attached hydrogen (secondary N) is 1. The Hall–Kier alpha value is -0.410. The van der Waals surface area contributed by atoms with Crippen molar-refractivity contribution in [2.75, 3.05) is 5.75 Å². The predicted molar refractivity (Wildman–Crippen MR) is 67.7 cm³/mol. The van der Waals surface area contributed by atoms with Gasteiger partial charge in [-0.3, -0.25) is 0 Å². The Morgan fingerprint density at radius 1 is 1.39 bits per heavy atom. The minimum absolute atomic E-state index is 0.0376. The summed E-state index contributed by atoms with van der Waals surface area (Å²) >= 11 is 4.74. The number of rotatable bonds is 7. The lowest BCUT2D eigenvalue weighted by Crippen LogP contribution is -2.54. The molecule has 0 aromatic carbocycles. The van der Waals surface area contributed by atoms with Gasteiger partial charge in [0.1, 0.15) is 0 Å². The standard InChI is InChI=1S/C9H17F3N2O2S2/c1-3-8(2,7(13)17)14-18(15,16)6-4-5-9(10,11)12/h14H,3-6H2,1-2H3,(H2,13,17). The summed E-state index contributed by atoms with van der Waals surface area (Å²) in [4.78, 5) is -0.0376. The Morgan fingerprint density at radius 2 is 1.89 bits per heavy atom. The van der Waals surface area contributed by atoms with Gasteiger partial charge in [-0.05, 0) is 19.8 Å². The van der Waals surface area contributed by atoms with Crippen molar-refractivity contribution in [3.05, 3.63) is 0 Å². The summed E-state index contributed by atoms with van der Waals surface area (Å²) in [5.74, 6) is -0.606.